The van der Waals surface area contributed by atoms with Crippen molar-refractivity contribution < 1.29 is 9.90 Å². The van der Waals surface area contributed by atoms with Gasteiger partial charge >= 0.3 is 5.97 Å². The van der Waals surface area contributed by atoms with E-state index in [2.05, 4.69) is 10.2 Å². The highest BCUT2D eigenvalue weighted by atomic mass is 16.4. The lowest BCUT2D eigenvalue weighted by atomic mass is 10.1. The van der Waals surface area contributed by atoms with E-state index in [1.54, 1.807) is 19.2 Å². The first-order chi connectivity index (χ1) is 8.18. The van der Waals surface area contributed by atoms with Crippen molar-refractivity contribution in [3.05, 3.63) is 47.7 Å². The minimum Gasteiger partial charge on any atom is -0.478 e. The van der Waals surface area contributed by atoms with Gasteiger partial charge in [0.05, 0.1) is 11.9 Å². The molecule has 0 aliphatic carbocycles. The Morgan fingerprint density at radius 1 is 1.35 bits per heavy atom. The second-order valence-electron chi connectivity index (χ2n) is 3.70. The molecule has 0 bridgehead atoms. The number of nitrogens with zero attached hydrogens (tertiary/aromatic N) is 1. The third-order valence-corrected chi connectivity index (χ3v) is 2.44. The van der Waals surface area contributed by atoms with Gasteiger partial charge in [0, 0.05) is 16.7 Å². The normalized spacial score (nSPS) is 11.5. The highest BCUT2D eigenvalue weighted by Crippen LogP contribution is 2.22. The van der Waals surface area contributed by atoms with Gasteiger partial charge in [0.25, 0.3) is 0 Å². The van der Waals surface area contributed by atoms with E-state index in [4.69, 9.17) is 5.11 Å². The zero-order chi connectivity index (χ0) is 12.3. The van der Waals surface area contributed by atoms with E-state index in [0.29, 0.717) is 0 Å². The van der Waals surface area contributed by atoms with E-state index < -0.39 is 5.97 Å². The maximum absolute atomic E-state index is 10.8. The first kappa shape index (κ1) is 11.1. The molecule has 4 heteroatoms. The van der Waals surface area contributed by atoms with Crippen LogP contribution in [0.1, 0.15) is 12.5 Å². The van der Waals surface area contributed by atoms with Gasteiger partial charge in [-0.05, 0) is 13.0 Å². The first-order valence-corrected chi connectivity index (χ1v) is 5.19. The van der Waals surface area contributed by atoms with Gasteiger partial charge in [0.2, 0.25) is 0 Å². The van der Waals surface area contributed by atoms with Crippen LogP contribution < -0.4 is 0 Å². The number of aromatic amines is 1. The standard InChI is InChI=1S/C13H12N2O2/c1-9(13(16)17)7-11-8-14-15-12(11)10-5-3-2-4-6-10/h2-8H,1H3,(H,14,15)(H,16,17)/b9-7+. The summed E-state index contributed by atoms with van der Waals surface area (Å²) in [5, 5.41) is 15.7. The molecule has 0 fully saturated rings. The predicted molar refractivity (Wildman–Crippen MR) is 65.3 cm³/mol. The Bertz CT molecular complexity index is 556. The number of hydrogen-bond donors (Lipinski definition) is 2. The lowest BCUT2D eigenvalue weighted by Gasteiger charge is -1.99. The Labute approximate surface area is 98.6 Å². The number of aromatic nitrogens is 2. The summed E-state index contributed by atoms with van der Waals surface area (Å²) in [4.78, 5) is 10.8. The van der Waals surface area contributed by atoms with Crippen molar-refractivity contribution in [3.63, 3.8) is 0 Å². The fourth-order valence-electron chi connectivity index (χ4n) is 1.54. The van der Waals surface area contributed by atoms with Crippen LogP contribution in [-0.2, 0) is 4.79 Å². The Hall–Kier alpha value is -2.36. The summed E-state index contributed by atoms with van der Waals surface area (Å²) in [6.45, 7) is 1.56. The number of benzene rings is 1. The zero-order valence-corrected chi connectivity index (χ0v) is 9.34. The fraction of sp³-hybridized carbons (Fsp3) is 0.0769. The van der Waals surface area contributed by atoms with Crippen LogP contribution in [0, 0.1) is 0 Å². The molecule has 0 radical (unpaired) electrons. The van der Waals surface area contributed by atoms with Gasteiger partial charge < -0.3 is 5.11 Å². The maximum atomic E-state index is 10.8. The molecule has 1 heterocycles. The maximum Gasteiger partial charge on any atom is 0.331 e. The van der Waals surface area contributed by atoms with E-state index in [9.17, 15) is 4.79 Å². The molecule has 4 nitrogen and oxygen atoms in total. The highest BCUT2D eigenvalue weighted by molar-refractivity contribution is 5.92. The van der Waals surface area contributed by atoms with Crippen LogP contribution >= 0.6 is 0 Å². The average molecular weight is 228 g/mol. The Kier molecular flexibility index (Phi) is 3.05. The summed E-state index contributed by atoms with van der Waals surface area (Å²) in [5.74, 6) is -0.926. The quantitative estimate of drug-likeness (QED) is 0.793. The van der Waals surface area contributed by atoms with Gasteiger partial charge in [-0.3, -0.25) is 5.10 Å². The molecule has 17 heavy (non-hydrogen) atoms. The molecular formula is C13H12N2O2. The van der Waals surface area contributed by atoms with Crippen molar-refractivity contribution in [1.29, 1.82) is 0 Å². The summed E-state index contributed by atoms with van der Waals surface area (Å²) >= 11 is 0. The molecule has 0 atom stereocenters. The molecule has 0 saturated heterocycles. The average Bonchev–Trinajstić information content (AvgIpc) is 2.78. The summed E-state index contributed by atoms with van der Waals surface area (Å²) in [6, 6.07) is 9.67. The topological polar surface area (TPSA) is 66.0 Å². The molecule has 0 amide bonds. The molecule has 86 valence electrons. The summed E-state index contributed by atoms with van der Waals surface area (Å²) in [5.41, 5.74) is 2.86. The number of aliphatic carboxylic acids is 1. The van der Waals surface area contributed by atoms with Crippen LogP contribution in [-0.4, -0.2) is 21.3 Å². The van der Waals surface area contributed by atoms with E-state index in [0.717, 1.165) is 16.8 Å². The minimum absolute atomic E-state index is 0.281. The zero-order valence-electron chi connectivity index (χ0n) is 9.34. The third-order valence-electron chi connectivity index (χ3n) is 2.44. The van der Waals surface area contributed by atoms with Gasteiger partial charge in [0.1, 0.15) is 0 Å². The molecule has 0 unspecified atom stereocenters. The van der Waals surface area contributed by atoms with Crippen LogP contribution in [0.3, 0.4) is 0 Å². The molecule has 2 N–H and O–H groups in total. The van der Waals surface area contributed by atoms with Crippen LogP contribution in [0.25, 0.3) is 17.3 Å². The van der Waals surface area contributed by atoms with Crippen molar-refractivity contribution >= 4 is 12.0 Å². The van der Waals surface area contributed by atoms with Crippen molar-refractivity contribution in [3.8, 4) is 11.3 Å². The van der Waals surface area contributed by atoms with Gasteiger partial charge in [-0.2, -0.15) is 5.10 Å². The summed E-state index contributed by atoms with van der Waals surface area (Å²) in [6.07, 6.45) is 3.23. The van der Waals surface area contributed by atoms with Gasteiger partial charge in [-0.15, -0.1) is 0 Å². The van der Waals surface area contributed by atoms with Crippen molar-refractivity contribution in [1.82, 2.24) is 10.2 Å². The lowest BCUT2D eigenvalue weighted by molar-refractivity contribution is -0.132. The van der Waals surface area contributed by atoms with Crippen LogP contribution in [0.5, 0.6) is 0 Å². The molecule has 1 aromatic heterocycles. The number of nitrogens with one attached hydrogen (secondary N) is 1. The minimum atomic E-state index is -0.926. The van der Waals surface area contributed by atoms with Gasteiger partial charge in [-0.25, -0.2) is 4.79 Å². The number of carboxylic acid groups (broad SMARTS) is 1. The van der Waals surface area contributed by atoms with Crippen LogP contribution in [0.4, 0.5) is 0 Å². The van der Waals surface area contributed by atoms with E-state index in [1.165, 1.54) is 0 Å². The number of carbonyl (C=O) groups is 1. The summed E-state index contributed by atoms with van der Waals surface area (Å²) < 4.78 is 0. The molecule has 2 aromatic rings. The number of rotatable bonds is 3. The highest BCUT2D eigenvalue weighted by Gasteiger charge is 2.07. The van der Waals surface area contributed by atoms with E-state index in [1.807, 2.05) is 30.3 Å². The number of carboxylic acids is 1. The van der Waals surface area contributed by atoms with Crippen LogP contribution in [0.2, 0.25) is 0 Å². The predicted octanol–water partition coefficient (Wildman–Crippen LogP) is 2.56. The molecule has 1 aromatic carbocycles. The van der Waals surface area contributed by atoms with Crippen molar-refractivity contribution in [2.75, 3.05) is 0 Å². The Balaban J connectivity index is 2.43. The first-order valence-electron chi connectivity index (χ1n) is 5.19. The molecule has 0 spiro atoms. The molecule has 0 aliphatic rings. The lowest BCUT2D eigenvalue weighted by Crippen LogP contribution is -1.95. The molecule has 0 saturated carbocycles. The molecular weight excluding hydrogens is 216 g/mol. The second-order valence-corrected chi connectivity index (χ2v) is 3.70. The Morgan fingerprint density at radius 2 is 2.06 bits per heavy atom. The third kappa shape index (κ3) is 2.42. The smallest absolute Gasteiger partial charge is 0.331 e. The SMILES string of the molecule is C/C(=C\c1cn[nH]c1-c1ccccc1)C(=O)O. The van der Waals surface area contributed by atoms with E-state index >= 15 is 0 Å². The van der Waals surface area contributed by atoms with E-state index in [-0.39, 0.29) is 5.57 Å². The van der Waals surface area contributed by atoms with Crippen molar-refractivity contribution in [2.24, 2.45) is 0 Å². The molecule has 0 aliphatic heterocycles. The fourth-order valence-corrected chi connectivity index (χ4v) is 1.54. The number of H-pyrrole nitrogens is 1. The summed E-state index contributed by atoms with van der Waals surface area (Å²) in [7, 11) is 0. The van der Waals surface area contributed by atoms with Gasteiger partial charge in [-0.1, -0.05) is 30.3 Å². The molecule has 2 rings (SSSR count). The number of hydrogen-bond acceptors (Lipinski definition) is 2. The van der Waals surface area contributed by atoms with Crippen molar-refractivity contribution in [2.45, 2.75) is 6.92 Å². The monoisotopic (exact) mass is 228 g/mol. The Morgan fingerprint density at radius 3 is 2.71 bits per heavy atom. The largest absolute Gasteiger partial charge is 0.478 e. The second kappa shape index (κ2) is 4.65. The van der Waals surface area contributed by atoms with Crippen LogP contribution in [0.15, 0.2) is 42.1 Å². The van der Waals surface area contributed by atoms with Gasteiger partial charge in [0.15, 0.2) is 0 Å².